The molecule has 0 saturated carbocycles. The average Bonchev–Trinajstić information content (AvgIpc) is 2.55. The quantitative estimate of drug-likeness (QED) is 0.632. The van der Waals surface area contributed by atoms with Crippen LogP contribution >= 0.6 is 0 Å². The molecule has 1 nitrogen and oxygen atoms in total. The molecule has 0 saturated heterocycles. The monoisotopic (exact) mass is 295 g/mol. The Morgan fingerprint density at radius 3 is 1.45 bits per heavy atom. The first-order chi connectivity index (χ1) is 10.8. The molecule has 22 heavy (non-hydrogen) atoms. The lowest BCUT2D eigenvalue weighted by Crippen LogP contribution is -2.33. The van der Waals surface area contributed by atoms with Crippen molar-refractivity contribution in [1.82, 2.24) is 4.90 Å². The van der Waals surface area contributed by atoms with Crippen molar-refractivity contribution in [3.8, 4) is 0 Å². The standard InChI is InChI=1S/C21H29N/c1-19(2)22(17-9-15-20-11-5-3-6-12-20)18-10-16-21-13-7-4-8-14-21/h3-8,11-14,19H,9-10,15-18H2,1-2H3. The summed E-state index contributed by atoms with van der Waals surface area (Å²) in [7, 11) is 0. The van der Waals surface area contributed by atoms with Crippen molar-refractivity contribution >= 4 is 0 Å². The van der Waals surface area contributed by atoms with E-state index in [2.05, 4.69) is 79.4 Å². The minimum atomic E-state index is 0.631. The summed E-state index contributed by atoms with van der Waals surface area (Å²) in [5.41, 5.74) is 2.91. The first-order valence-electron chi connectivity index (χ1n) is 8.57. The molecule has 1 heteroatoms. The fourth-order valence-corrected chi connectivity index (χ4v) is 2.89. The van der Waals surface area contributed by atoms with Gasteiger partial charge < -0.3 is 4.90 Å². The lowest BCUT2D eigenvalue weighted by Gasteiger charge is -2.26. The Morgan fingerprint density at radius 2 is 1.09 bits per heavy atom. The number of benzene rings is 2. The van der Waals surface area contributed by atoms with E-state index in [1.54, 1.807) is 0 Å². The van der Waals surface area contributed by atoms with Crippen LogP contribution in [0.4, 0.5) is 0 Å². The van der Waals surface area contributed by atoms with E-state index < -0.39 is 0 Å². The van der Waals surface area contributed by atoms with E-state index in [0.29, 0.717) is 6.04 Å². The van der Waals surface area contributed by atoms with E-state index in [1.165, 1.54) is 49.9 Å². The van der Waals surface area contributed by atoms with E-state index in [1.807, 2.05) is 0 Å². The zero-order valence-electron chi connectivity index (χ0n) is 14.0. The molecule has 0 aromatic heterocycles. The molecule has 0 N–H and O–H groups in total. The molecular formula is C21H29N. The third-order valence-corrected chi connectivity index (χ3v) is 4.24. The van der Waals surface area contributed by atoms with Crippen LogP contribution in [0.5, 0.6) is 0 Å². The highest BCUT2D eigenvalue weighted by atomic mass is 15.1. The van der Waals surface area contributed by atoms with E-state index in [-0.39, 0.29) is 0 Å². The van der Waals surface area contributed by atoms with Crippen LogP contribution in [0.15, 0.2) is 60.7 Å². The molecule has 0 aliphatic heterocycles. The maximum atomic E-state index is 2.62. The second-order valence-electron chi connectivity index (χ2n) is 6.31. The third-order valence-electron chi connectivity index (χ3n) is 4.24. The van der Waals surface area contributed by atoms with Gasteiger partial charge in [0.25, 0.3) is 0 Å². The highest BCUT2D eigenvalue weighted by molar-refractivity contribution is 5.15. The molecule has 0 amide bonds. The highest BCUT2D eigenvalue weighted by Gasteiger charge is 2.08. The molecule has 0 aliphatic rings. The Kier molecular flexibility index (Phi) is 7.18. The van der Waals surface area contributed by atoms with Gasteiger partial charge in [-0.05, 0) is 63.7 Å². The predicted octanol–water partition coefficient (Wildman–Crippen LogP) is 4.96. The van der Waals surface area contributed by atoms with Crippen LogP contribution in [0.3, 0.4) is 0 Å². The van der Waals surface area contributed by atoms with Crippen LogP contribution in [-0.4, -0.2) is 24.0 Å². The summed E-state index contributed by atoms with van der Waals surface area (Å²) in [5.74, 6) is 0. The minimum absolute atomic E-state index is 0.631. The second-order valence-corrected chi connectivity index (χ2v) is 6.31. The summed E-state index contributed by atoms with van der Waals surface area (Å²) in [4.78, 5) is 2.62. The summed E-state index contributed by atoms with van der Waals surface area (Å²) in [6, 6.07) is 22.3. The fraction of sp³-hybridized carbons (Fsp3) is 0.429. The molecule has 0 fully saturated rings. The molecule has 0 radical (unpaired) electrons. The Morgan fingerprint density at radius 1 is 0.682 bits per heavy atom. The van der Waals surface area contributed by atoms with Crippen molar-refractivity contribution in [3.05, 3.63) is 71.8 Å². The first-order valence-corrected chi connectivity index (χ1v) is 8.57. The smallest absolute Gasteiger partial charge is 0.00385 e. The molecule has 2 aromatic carbocycles. The van der Waals surface area contributed by atoms with Gasteiger partial charge in [-0.3, -0.25) is 0 Å². The molecule has 0 heterocycles. The van der Waals surface area contributed by atoms with Gasteiger partial charge in [-0.15, -0.1) is 0 Å². The van der Waals surface area contributed by atoms with Gasteiger partial charge in [-0.2, -0.15) is 0 Å². The number of nitrogens with zero attached hydrogens (tertiary/aromatic N) is 1. The topological polar surface area (TPSA) is 3.24 Å². The molecule has 0 spiro atoms. The van der Waals surface area contributed by atoms with Gasteiger partial charge in [0.15, 0.2) is 0 Å². The van der Waals surface area contributed by atoms with Gasteiger partial charge in [0.2, 0.25) is 0 Å². The second kappa shape index (κ2) is 9.42. The summed E-state index contributed by atoms with van der Waals surface area (Å²) >= 11 is 0. The first kappa shape index (κ1) is 16.8. The lowest BCUT2D eigenvalue weighted by molar-refractivity contribution is 0.216. The van der Waals surface area contributed by atoms with Crippen molar-refractivity contribution in [2.75, 3.05) is 13.1 Å². The zero-order chi connectivity index (χ0) is 15.6. The van der Waals surface area contributed by atoms with Crippen molar-refractivity contribution in [2.45, 2.75) is 45.6 Å². The highest BCUT2D eigenvalue weighted by Crippen LogP contribution is 2.09. The normalized spacial score (nSPS) is 11.3. The molecule has 118 valence electrons. The average molecular weight is 295 g/mol. The number of hydrogen-bond acceptors (Lipinski definition) is 1. The van der Waals surface area contributed by atoms with Crippen LogP contribution in [0.1, 0.15) is 37.8 Å². The van der Waals surface area contributed by atoms with E-state index >= 15 is 0 Å². The van der Waals surface area contributed by atoms with Crippen LogP contribution in [-0.2, 0) is 12.8 Å². The minimum Gasteiger partial charge on any atom is -0.301 e. The van der Waals surface area contributed by atoms with E-state index in [0.717, 1.165) is 0 Å². The molecule has 0 atom stereocenters. The van der Waals surface area contributed by atoms with Crippen LogP contribution in [0.2, 0.25) is 0 Å². The molecule has 2 rings (SSSR count). The van der Waals surface area contributed by atoms with Crippen molar-refractivity contribution in [2.24, 2.45) is 0 Å². The summed E-state index contributed by atoms with van der Waals surface area (Å²) < 4.78 is 0. The summed E-state index contributed by atoms with van der Waals surface area (Å²) in [6.07, 6.45) is 4.85. The maximum absolute atomic E-state index is 2.62. The molecule has 0 bridgehead atoms. The Bertz CT molecular complexity index is 458. The van der Waals surface area contributed by atoms with Gasteiger partial charge in [0, 0.05) is 6.04 Å². The maximum Gasteiger partial charge on any atom is 0.00385 e. The molecule has 2 aromatic rings. The Hall–Kier alpha value is -1.60. The van der Waals surface area contributed by atoms with Gasteiger partial charge in [-0.1, -0.05) is 60.7 Å². The number of hydrogen-bond donors (Lipinski definition) is 0. The van der Waals surface area contributed by atoms with Crippen molar-refractivity contribution in [1.29, 1.82) is 0 Å². The number of aryl methyl sites for hydroxylation is 2. The molecule has 0 aliphatic carbocycles. The Labute approximate surface area is 136 Å². The Balaban J connectivity index is 1.70. The van der Waals surface area contributed by atoms with Crippen molar-refractivity contribution < 1.29 is 0 Å². The zero-order valence-corrected chi connectivity index (χ0v) is 14.0. The van der Waals surface area contributed by atoms with Crippen molar-refractivity contribution in [3.63, 3.8) is 0 Å². The SMILES string of the molecule is CC(C)N(CCCc1ccccc1)CCCc1ccccc1. The van der Waals surface area contributed by atoms with E-state index in [9.17, 15) is 0 Å². The van der Waals surface area contributed by atoms with Gasteiger partial charge in [-0.25, -0.2) is 0 Å². The van der Waals surface area contributed by atoms with Crippen LogP contribution in [0.25, 0.3) is 0 Å². The van der Waals surface area contributed by atoms with E-state index in [4.69, 9.17) is 0 Å². The lowest BCUT2D eigenvalue weighted by atomic mass is 10.1. The van der Waals surface area contributed by atoms with Crippen LogP contribution < -0.4 is 0 Å². The molecule has 0 unspecified atom stereocenters. The largest absolute Gasteiger partial charge is 0.301 e. The predicted molar refractivity (Wildman–Crippen MR) is 96.2 cm³/mol. The fourth-order valence-electron chi connectivity index (χ4n) is 2.89. The van der Waals surface area contributed by atoms with Gasteiger partial charge in [0.1, 0.15) is 0 Å². The van der Waals surface area contributed by atoms with Gasteiger partial charge in [0.05, 0.1) is 0 Å². The third kappa shape index (κ3) is 6.03. The summed E-state index contributed by atoms with van der Waals surface area (Å²) in [6.45, 7) is 7.01. The van der Waals surface area contributed by atoms with Gasteiger partial charge >= 0.3 is 0 Å². The van der Waals surface area contributed by atoms with Crippen LogP contribution in [0, 0.1) is 0 Å². The number of rotatable bonds is 9. The summed E-state index contributed by atoms with van der Waals surface area (Å²) in [5, 5.41) is 0. The molecular weight excluding hydrogens is 266 g/mol.